The molecular weight excluding hydrogens is 480 g/mol. The highest BCUT2D eigenvalue weighted by molar-refractivity contribution is 5.31. The van der Waals surface area contributed by atoms with Gasteiger partial charge in [0.25, 0.3) is 0 Å². The third-order valence-electron chi connectivity index (χ3n) is 9.55. The molecule has 4 rings (SSSR count). The van der Waals surface area contributed by atoms with Crippen molar-refractivity contribution in [2.75, 3.05) is 60.6 Å². The van der Waals surface area contributed by atoms with Crippen molar-refractivity contribution in [3.05, 3.63) is 70.8 Å². The average molecular weight is 537 g/mol. The Morgan fingerprint density at radius 2 is 1.03 bits per heavy atom. The van der Waals surface area contributed by atoms with Gasteiger partial charge in [-0.05, 0) is 102 Å². The Morgan fingerprint density at radius 3 is 1.38 bits per heavy atom. The van der Waals surface area contributed by atoms with Gasteiger partial charge in [0.1, 0.15) is 0 Å². The van der Waals surface area contributed by atoms with Gasteiger partial charge in [-0.2, -0.15) is 0 Å². The van der Waals surface area contributed by atoms with E-state index in [9.17, 15) is 0 Å². The van der Waals surface area contributed by atoms with E-state index < -0.39 is 0 Å². The second-order valence-electron chi connectivity index (χ2n) is 12.5. The van der Waals surface area contributed by atoms with Crippen LogP contribution in [0.1, 0.15) is 86.5 Å². The molecular formula is C35H56N2O2. The maximum absolute atomic E-state index is 9.00. The molecule has 2 aromatic carbocycles. The number of benzene rings is 2. The quantitative estimate of drug-likeness (QED) is 0.302. The summed E-state index contributed by atoms with van der Waals surface area (Å²) in [7, 11) is 6.09. The van der Waals surface area contributed by atoms with Gasteiger partial charge in [-0.15, -0.1) is 0 Å². The van der Waals surface area contributed by atoms with Gasteiger partial charge in [-0.25, -0.2) is 0 Å². The van der Waals surface area contributed by atoms with Gasteiger partial charge in [-0.1, -0.05) is 85.3 Å². The Kier molecular flexibility index (Phi) is 13.0. The van der Waals surface area contributed by atoms with Crippen LogP contribution < -0.4 is 0 Å². The molecule has 4 nitrogen and oxygen atoms in total. The van der Waals surface area contributed by atoms with Gasteiger partial charge in [-0.3, -0.25) is 0 Å². The predicted octanol–water partition coefficient (Wildman–Crippen LogP) is 6.90. The molecule has 0 amide bonds. The van der Waals surface area contributed by atoms with Crippen LogP contribution in [0, 0.1) is 13.8 Å². The Hall–Kier alpha value is -1.72. The number of hydrogen-bond donors (Lipinski definition) is 1. The molecule has 2 aliphatic carbocycles. The first-order valence-electron chi connectivity index (χ1n) is 15.4. The van der Waals surface area contributed by atoms with Gasteiger partial charge in [0, 0.05) is 20.2 Å². The van der Waals surface area contributed by atoms with E-state index in [1.807, 2.05) is 0 Å². The maximum Gasteiger partial charge on any atom is 0.0589 e. The van der Waals surface area contributed by atoms with Crippen LogP contribution in [-0.2, 0) is 15.6 Å². The zero-order chi connectivity index (χ0) is 28.1. The summed E-state index contributed by atoms with van der Waals surface area (Å²) in [6, 6.07) is 18.4. The van der Waals surface area contributed by atoms with Crippen LogP contribution in [0.5, 0.6) is 0 Å². The Balaban J connectivity index is 0.000000216. The fourth-order valence-corrected chi connectivity index (χ4v) is 6.74. The van der Waals surface area contributed by atoms with Crippen LogP contribution in [0.15, 0.2) is 48.5 Å². The van der Waals surface area contributed by atoms with Crippen LogP contribution >= 0.6 is 0 Å². The number of aryl methyl sites for hydroxylation is 2. The molecule has 0 heterocycles. The van der Waals surface area contributed by atoms with Crippen molar-refractivity contribution < 1.29 is 9.84 Å². The van der Waals surface area contributed by atoms with Crippen LogP contribution in [0.3, 0.4) is 0 Å². The number of nitrogens with zero attached hydrogens (tertiary/aromatic N) is 2. The molecule has 4 heteroatoms. The lowest BCUT2D eigenvalue weighted by atomic mass is 9.76. The lowest BCUT2D eigenvalue weighted by Gasteiger charge is -2.32. The molecule has 39 heavy (non-hydrogen) atoms. The van der Waals surface area contributed by atoms with E-state index in [0.29, 0.717) is 10.8 Å². The summed E-state index contributed by atoms with van der Waals surface area (Å²) >= 11 is 0. The summed E-state index contributed by atoms with van der Waals surface area (Å²) < 4.78 is 5.17. The SMILES string of the molecule is COCCN(C)CCC1(c2ccc(C)cc2)CCCC1.Cc1ccc(C2(CCN(C)CCO)CCCC2)cc1. The molecule has 0 spiro atoms. The molecule has 2 aliphatic rings. The highest BCUT2D eigenvalue weighted by atomic mass is 16.5. The minimum Gasteiger partial charge on any atom is -0.395 e. The van der Waals surface area contributed by atoms with Crippen molar-refractivity contribution >= 4 is 0 Å². The van der Waals surface area contributed by atoms with Crippen molar-refractivity contribution in [3.8, 4) is 0 Å². The first-order valence-corrected chi connectivity index (χ1v) is 15.4. The van der Waals surface area contributed by atoms with Gasteiger partial charge >= 0.3 is 0 Å². The summed E-state index contributed by atoms with van der Waals surface area (Å²) in [6.45, 7) is 9.46. The number of aliphatic hydroxyl groups excluding tert-OH is 1. The number of likely N-dealkylation sites (N-methyl/N-ethyl adjacent to an activating group) is 2. The first kappa shape index (κ1) is 31.8. The Morgan fingerprint density at radius 1 is 0.641 bits per heavy atom. The standard InChI is InChI=1S/C18H29NO.C17H27NO/c1-16-6-8-17(9-7-16)18(10-4-5-11-18)12-13-19(2)14-15-20-3;1-15-5-7-16(8-6-15)17(9-3-4-10-17)11-12-18(2)13-14-19/h6-9H,4-5,10-15H2,1-3H3;5-8,19H,3-4,9-14H2,1-2H3. The van der Waals surface area contributed by atoms with Gasteiger partial charge in [0.15, 0.2) is 0 Å². The van der Waals surface area contributed by atoms with Crippen LogP contribution in [0.25, 0.3) is 0 Å². The molecule has 218 valence electrons. The molecule has 2 saturated carbocycles. The first-order chi connectivity index (χ1) is 18.8. The number of rotatable bonds is 13. The van der Waals surface area contributed by atoms with Crippen LogP contribution in [-0.4, -0.2) is 75.5 Å². The molecule has 0 aliphatic heterocycles. The minimum atomic E-state index is 0.258. The second-order valence-corrected chi connectivity index (χ2v) is 12.5. The highest BCUT2D eigenvalue weighted by Crippen LogP contribution is 2.45. The van der Waals surface area contributed by atoms with Crippen LogP contribution in [0.4, 0.5) is 0 Å². The van der Waals surface area contributed by atoms with Gasteiger partial charge < -0.3 is 19.6 Å². The molecule has 1 N–H and O–H groups in total. The van der Waals surface area contributed by atoms with Crippen molar-refractivity contribution in [1.29, 1.82) is 0 Å². The van der Waals surface area contributed by atoms with E-state index in [1.165, 1.54) is 80.9 Å². The lowest BCUT2D eigenvalue weighted by Crippen LogP contribution is -2.31. The van der Waals surface area contributed by atoms with E-state index in [0.717, 1.165) is 32.8 Å². The van der Waals surface area contributed by atoms with Crippen molar-refractivity contribution in [2.24, 2.45) is 0 Å². The smallest absolute Gasteiger partial charge is 0.0589 e. The molecule has 2 fully saturated rings. The van der Waals surface area contributed by atoms with Gasteiger partial charge in [0.2, 0.25) is 0 Å². The molecule has 0 atom stereocenters. The predicted molar refractivity (Wildman–Crippen MR) is 166 cm³/mol. The third-order valence-corrected chi connectivity index (χ3v) is 9.55. The highest BCUT2D eigenvalue weighted by Gasteiger charge is 2.36. The largest absolute Gasteiger partial charge is 0.395 e. The van der Waals surface area contributed by atoms with Crippen molar-refractivity contribution in [3.63, 3.8) is 0 Å². The molecule has 0 aromatic heterocycles. The minimum absolute atomic E-state index is 0.258. The lowest BCUT2D eigenvalue weighted by molar-refractivity contribution is 0.155. The Labute approximate surface area is 239 Å². The fourth-order valence-electron chi connectivity index (χ4n) is 6.74. The molecule has 0 radical (unpaired) electrons. The monoisotopic (exact) mass is 536 g/mol. The summed E-state index contributed by atoms with van der Waals surface area (Å²) in [5.74, 6) is 0. The van der Waals surface area contributed by atoms with E-state index in [4.69, 9.17) is 9.84 Å². The molecule has 0 saturated heterocycles. The number of hydrogen-bond acceptors (Lipinski definition) is 4. The normalized spacial score (nSPS) is 17.9. The summed E-state index contributed by atoms with van der Waals surface area (Å²) in [4.78, 5) is 4.64. The van der Waals surface area contributed by atoms with Crippen LogP contribution in [0.2, 0.25) is 0 Å². The zero-order valence-corrected chi connectivity index (χ0v) is 25.7. The number of aliphatic hydroxyl groups is 1. The number of ether oxygens (including phenoxy) is 1. The topological polar surface area (TPSA) is 35.9 Å². The van der Waals surface area contributed by atoms with E-state index in [2.05, 4.69) is 86.3 Å². The average Bonchev–Trinajstić information content (AvgIpc) is 3.62. The molecule has 0 unspecified atom stereocenters. The summed E-state index contributed by atoms with van der Waals surface area (Å²) in [6.07, 6.45) is 13.3. The number of methoxy groups -OCH3 is 1. The van der Waals surface area contributed by atoms with Gasteiger partial charge in [0.05, 0.1) is 13.2 Å². The summed E-state index contributed by atoms with van der Waals surface area (Å²) in [5.41, 5.74) is 6.59. The maximum atomic E-state index is 9.00. The van der Waals surface area contributed by atoms with E-state index in [-0.39, 0.29) is 6.61 Å². The fraction of sp³-hybridized carbons (Fsp3) is 0.657. The van der Waals surface area contributed by atoms with E-state index >= 15 is 0 Å². The zero-order valence-electron chi connectivity index (χ0n) is 25.7. The van der Waals surface area contributed by atoms with Crippen molar-refractivity contribution in [2.45, 2.75) is 88.9 Å². The Bertz CT molecular complexity index is 928. The second kappa shape index (κ2) is 15.9. The van der Waals surface area contributed by atoms with E-state index in [1.54, 1.807) is 12.7 Å². The summed E-state index contributed by atoms with van der Waals surface area (Å²) in [5, 5.41) is 9.00. The molecule has 2 aromatic rings. The third kappa shape index (κ3) is 9.42. The van der Waals surface area contributed by atoms with Crippen molar-refractivity contribution in [1.82, 2.24) is 9.80 Å². The molecule has 0 bridgehead atoms.